The number of carbonyl (C=O) groups is 1. The number of carbonyl (C=O) groups excluding carboxylic acids is 1. The van der Waals surface area contributed by atoms with Gasteiger partial charge in [-0.2, -0.15) is 0 Å². The molecule has 0 saturated heterocycles. The Morgan fingerprint density at radius 1 is 0.939 bits per heavy atom. The molecule has 0 spiro atoms. The van der Waals surface area contributed by atoms with E-state index < -0.39 is 0 Å². The first-order valence-electron chi connectivity index (χ1n) is 10.5. The molecule has 4 aromatic carbocycles. The predicted molar refractivity (Wildman–Crippen MR) is 129 cm³/mol. The molecule has 1 heterocycles. The fraction of sp³-hybridized carbons (Fsp3) is 0.0370. The minimum Gasteiger partial charge on any atom is -0.455 e. The van der Waals surface area contributed by atoms with Gasteiger partial charge in [0.25, 0.3) is 0 Å². The van der Waals surface area contributed by atoms with Gasteiger partial charge >= 0.3 is 0 Å². The number of hydrogen-bond acceptors (Lipinski definition) is 5. The summed E-state index contributed by atoms with van der Waals surface area (Å²) in [6.45, 7) is 2.03. The maximum absolute atomic E-state index is 13.6. The minimum atomic E-state index is -0.0843. The van der Waals surface area contributed by atoms with Gasteiger partial charge in [-0.1, -0.05) is 58.7 Å². The van der Waals surface area contributed by atoms with E-state index in [9.17, 15) is 4.79 Å². The lowest BCUT2D eigenvalue weighted by Crippen LogP contribution is -2.11. The van der Waals surface area contributed by atoms with Crippen LogP contribution in [0, 0.1) is 6.92 Å². The Labute approximate surface area is 194 Å². The van der Waals surface area contributed by atoms with Crippen LogP contribution in [0.4, 0.5) is 11.4 Å². The summed E-state index contributed by atoms with van der Waals surface area (Å²) in [5.74, 6) is 1.55. The van der Waals surface area contributed by atoms with Crippen molar-refractivity contribution in [2.24, 2.45) is 0 Å². The lowest BCUT2D eigenvalue weighted by molar-refractivity contribution is 0.104. The number of aromatic nitrogens is 1. The second-order valence-corrected chi connectivity index (χ2v) is 8.39. The van der Waals surface area contributed by atoms with Crippen LogP contribution < -0.4 is 10.1 Å². The molecule has 6 heteroatoms. The van der Waals surface area contributed by atoms with Crippen LogP contribution in [-0.4, -0.2) is 10.9 Å². The summed E-state index contributed by atoms with van der Waals surface area (Å²) in [4.78, 5) is 13.6. The first-order chi connectivity index (χ1) is 16.1. The molecule has 0 radical (unpaired) electrons. The van der Waals surface area contributed by atoms with E-state index in [1.807, 2.05) is 55.5 Å². The van der Waals surface area contributed by atoms with Crippen LogP contribution >= 0.6 is 11.6 Å². The average molecular weight is 453 g/mol. The highest BCUT2D eigenvalue weighted by Gasteiger charge is 2.33. The van der Waals surface area contributed by atoms with Gasteiger partial charge in [0.05, 0.1) is 16.6 Å². The van der Waals surface area contributed by atoms with Gasteiger partial charge in [0.1, 0.15) is 5.75 Å². The summed E-state index contributed by atoms with van der Waals surface area (Å²) in [7, 11) is 0. The number of hydrogen-bond donors (Lipinski definition) is 1. The molecule has 0 bridgehead atoms. The molecule has 1 N–H and O–H groups in total. The van der Waals surface area contributed by atoms with E-state index in [0.29, 0.717) is 50.0 Å². The zero-order valence-electron chi connectivity index (χ0n) is 17.6. The quantitative estimate of drug-likeness (QED) is 0.299. The third-order valence-electron chi connectivity index (χ3n) is 5.74. The standard InChI is InChI=1S/C27H17ClN2O3/c1-15-6-10-17(11-7-15)29-21-14-22(32-18-12-8-16(28)9-13-18)25-24-23(21)26(31)19-4-2-3-5-20(19)27(24)33-30-25/h2-14,29H,1H3. The van der Waals surface area contributed by atoms with Crippen molar-refractivity contribution in [1.82, 2.24) is 5.16 Å². The van der Waals surface area contributed by atoms with E-state index in [4.69, 9.17) is 20.9 Å². The molecule has 0 unspecified atom stereocenters. The van der Waals surface area contributed by atoms with Gasteiger partial charge in [0.15, 0.2) is 22.8 Å². The molecular weight excluding hydrogens is 436 g/mol. The first-order valence-corrected chi connectivity index (χ1v) is 10.8. The molecule has 0 fully saturated rings. The fourth-order valence-electron chi connectivity index (χ4n) is 4.13. The highest BCUT2D eigenvalue weighted by molar-refractivity contribution is 6.30. The Bertz CT molecular complexity index is 1540. The number of anilines is 2. The molecule has 0 atom stereocenters. The molecule has 1 aromatic heterocycles. The fourth-order valence-corrected chi connectivity index (χ4v) is 4.25. The Morgan fingerprint density at radius 2 is 1.67 bits per heavy atom. The van der Waals surface area contributed by atoms with Crippen molar-refractivity contribution in [2.75, 3.05) is 5.32 Å². The number of nitrogens with one attached hydrogen (secondary N) is 1. The second kappa shape index (κ2) is 7.50. The van der Waals surface area contributed by atoms with Crippen LogP contribution in [0.2, 0.25) is 5.02 Å². The van der Waals surface area contributed by atoms with E-state index >= 15 is 0 Å². The van der Waals surface area contributed by atoms with Crippen molar-refractivity contribution in [1.29, 1.82) is 0 Å². The number of rotatable bonds is 4. The number of fused-ring (bicyclic) bond motifs is 2. The lowest BCUT2D eigenvalue weighted by atomic mass is 9.86. The largest absolute Gasteiger partial charge is 0.455 e. The van der Waals surface area contributed by atoms with Gasteiger partial charge in [0, 0.05) is 27.9 Å². The number of nitrogens with zero attached hydrogens (tertiary/aromatic N) is 1. The van der Waals surface area contributed by atoms with Crippen LogP contribution in [-0.2, 0) is 0 Å². The van der Waals surface area contributed by atoms with Crippen LogP contribution in [0.3, 0.4) is 0 Å². The minimum absolute atomic E-state index is 0.0843. The molecule has 0 aliphatic heterocycles. The number of benzene rings is 4. The molecule has 0 saturated carbocycles. The summed E-state index contributed by atoms with van der Waals surface area (Å²) in [6, 6.07) is 24.2. The van der Waals surface area contributed by atoms with Crippen LogP contribution in [0.25, 0.3) is 22.2 Å². The molecule has 5 aromatic rings. The van der Waals surface area contributed by atoms with Gasteiger partial charge in [-0.25, -0.2) is 0 Å². The summed E-state index contributed by atoms with van der Waals surface area (Å²) in [5.41, 5.74) is 4.95. The molecule has 5 nitrogen and oxygen atoms in total. The molecule has 6 rings (SSSR count). The third kappa shape index (κ3) is 3.25. The van der Waals surface area contributed by atoms with Crippen LogP contribution in [0.15, 0.2) is 83.4 Å². The smallest absolute Gasteiger partial charge is 0.196 e. The zero-order valence-corrected chi connectivity index (χ0v) is 18.3. The number of ether oxygens (including phenoxy) is 1. The Hall–Kier alpha value is -4.09. The first kappa shape index (κ1) is 19.6. The summed E-state index contributed by atoms with van der Waals surface area (Å²) >= 11 is 6.02. The maximum Gasteiger partial charge on any atom is 0.196 e. The third-order valence-corrected chi connectivity index (χ3v) is 5.99. The van der Waals surface area contributed by atoms with Crippen LogP contribution in [0.5, 0.6) is 11.5 Å². The van der Waals surface area contributed by atoms with Crippen molar-refractivity contribution in [2.45, 2.75) is 6.92 Å². The predicted octanol–water partition coefficient (Wildman–Crippen LogP) is 7.54. The Morgan fingerprint density at radius 3 is 2.42 bits per heavy atom. The SMILES string of the molecule is Cc1ccc(Nc2cc(Oc3ccc(Cl)cc3)c3noc4c3c2C(=O)c2ccccc2-4)cc1. The van der Waals surface area contributed by atoms with Gasteiger partial charge in [0.2, 0.25) is 0 Å². The molecule has 160 valence electrons. The summed E-state index contributed by atoms with van der Waals surface area (Å²) in [6.07, 6.45) is 0. The van der Waals surface area contributed by atoms with E-state index in [0.717, 1.165) is 16.8 Å². The Kier molecular flexibility index (Phi) is 4.45. The van der Waals surface area contributed by atoms with E-state index in [1.54, 1.807) is 30.3 Å². The van der Waals surface area contributed by atoms with Gasteiger partial charge in [-0.05, 0) is 43.3 Å². The molecular formula is C27H17ClN2O3. The molecule has 0 amide bonds. The average Bonchev–Trinajstić information content (AvgIpc) is 3.27. The highest BCUT2D eigenvalue weighted by Crippen LogP contribution is 2.47. The van der Waals surface area contributed by atoms with Crippen molar-refractivity contribution in [3.05, 3.63) is 101 Å². The topological polar surface area (TPSA) is 64.4 Å². The van der Waals surface area contributed by atoms with Crippen molar-refractivity contribution >= 4 is 39.7 Å². The summed E-state index contributed by atoms with van der Waals surface area (Å²) in [5, 5.41) is 8.94. The molecule has 1 aliphatic carbocycles. The van der Waals surface area contributed by atoms with Crippen LogP contribution in [0.1, 0.15) is 21.5 Å². The lowest BCUT2D eigenvalue weighted by Gasteiger charge is -2.19. The van der Waals surface area contributed by atoms with Gasteiger partial charge in [-0.3, -0.25) is 4.79 Å². The normalized spacial score (nSPS) is 12.0. The van der Waals surface area contributed by atoms with Gasteiger partial charge in [-0.15, -0.1) is 0 Å². The summed E-state index contributed by atoms with van der Waals surface area (Å²) < 4.78 is 11.9. The Balaban J connectivity index is 1.58. The number of aryl methyl sites for hydroxylation is 1. The van der Waals surface area contributed by atoms with Crippen molar-refractivity contribution < 1.29 is 14.1 Å². The molecule has 1 aliphatic rings. The number of halogens is 1. The monoisotopic (exact) mass is 452 g/mol. The number of ketones is 1. The van der Waals surface area contributed by atoms with E-state index in [2.05, 4.69) is 10.5 Å². The van der Waals surface area contributed by atoms with E-state index in [1.165, 1.54) is 0 Å². The van der Waals surface area contributed by atoms with Crippen molar-refractivity contribution in [3.8, 4) is 22.8 Å². The second-order valence-electron chi connectivity index (χ2n) is 7.95. The van der Waals surface area contributed by atoms with Gasteiger partial charge < -0.3 is 14.6 Å². The highest BCUT2D eigenvalue weighted by atomic mass is 35.5. The van der Waals surface area contributed by atoms with E-state index in [-0.39, 0.29) is 5.78 Å². The molecule has 33 heavy (non-hydrogen) atoms. The van der Waals surface area contributed by atoms with Crippen molar-refractivity contribution in [3.63, 3.8) is 0 Å². The zero-order chi connectivity index (χ0) is 22.5. The maximum atomic E-state index is 13.6.